The van der Waals surface area contributed by atoms with Crippen LogP contribution in [0.1, 0.15) is 11.6 Å². The summed E-state index contributed by atoms with van der Waals surface area (Å²) in [4.78, 5) is 12.4. The minimum absolute atomic E-state index is 0.159. The molecular weight excluding hydrogens is 182 g/mol. The zero-order chi connectivity index (χ0) is 9.97. The molecule has 4 nitrogen and oxygen atoms in total. The van der Waals surface area contributed by atoms with Crippen LogP contribution < -0.4 is 0 Å². The minimum Gasteiger partial charge on any atom is -0.447 e. The van der Waals surface area contributed by atoms with Crippen LogP contribution in [0.4, 0.5) is 4.79 Å². The standard InChI is InChI=1S/C10H11NO3/c12-7-11-9(6-14-10(11)13)8-4-2-1-3-5-8/h1-5,9,12H,6-7H2/t9-/m0/s1. The summed E-state index contributed by atoms with van der Waals surface area (Å²) >= 11 is 0. The normalized spacial score (nSPS) is 21.1. The van der Waals surface area contributed by atoms with E-state index in [1.165, 1.54) is 4.90 Å². The van der Waals surface area contributed by atoms with Crippen LogP contribution in [0.25, 0.3) is 0 Å². The third kappa shape index (κ3) is 1.44. The number of benzene rings is 1. The molecule has 1 aromatic rings. The van der Waals surface area contributed by atoms with Crippen LogP contribution in [0.3, 0.4) is 0 Å². The molecule has 74 valence electrons. The molecule has 1 atom stereocenters. The average molecular weight is 193 g/mol. The van der Waals surface area contributed by atoms with Gasteiger partial charge in [0.05, 0.1) is 6.04 Å². The topological polar surface area (TPSA) is 49.8 Å². The monoisotopic (exact) mass is 193 g/mol. The zero-order valence-corrected chi connectivity index (χ0v) is 7.59. The lowest BCUT2D eigenvalue weighted by Gasteiger charge is -2.18. The molecule has 0 saturated carbocycles. The highest BCUT2D eigenvalue weighted by molar-refractivity contribution is 5.70. The molecule has 1 aliphatic rings. The van der Waals surface area contributed by atoms with E-state index >= 15 is 0 Å². The van der Waals surface area contributed by atoms with Gasteiger partial charge in [0.2, 0.25) is 0 Å². The van der Waals surface area contributed by atoms with Gasteiger partial charge in [-0.05, 0) is 5.56 Å². The van der Waals surface area contributed by atoms with Gasteiger partial charge in [-0.3, -0.25) is 4.90 Å². The molecule has 0 spiro atoms. The Labute approximate surface area is 81.7 Å². The molecule has 0 aromatic heterocycles. The quantitative estimate of drug-likeness (QED) is 0.766. The smallest absolute Gasteiger partial charge is 0.412 e. The molecule has 14 heavy (non-hydrogen) atoms. The Hall–Kier alpha value is -1.55. The second-order valence-corrected chi connectivity index (χ2v) is 3.11. The number of aliphatic hydroxyl groups excluding tert-OH is 1. The molecule has 2 rings (SSSR count). The third-order valence-corrected chi connectivity index (χ3v) is 2.31. The van der Waals surface area contributed by atoms with E-state index in [1.54, 1.807) is 0 Å². The number of amides is 1. The molecule has 1 aliphatic heterocycles. The van der Waals surface area contributed by atoms with Gasteiger partial charge in [0, 0.05) is 0 Å². The summed E-state index contributed by atoms with van der Waals surface area (Å²) in [5.41, 5.74) is 0.979. The Morgan fingerprint density at radius 3 is 2.79 bits per heavy atom. The van der Waals surface area contributed by atoms with Crippen molar-refractivity contribution in [1.29, 1.82) is 0 Å². The van der Waals surface area contributed by atoms with Crippen LogP contribution in [0.15, 0.2) is 30.3 Å². The molecule has 4 heteroatoms. The molecule has 0 radical (unpaired) electrons. The van der Waals surface area contributed by atoms with Gasteiger partial charge in [-0.25, -0.2) is 4.79 Å². The Morgan fingerprint density at radius 2 is 2.14 bits per heavy atom. The zero-order valence-electron chi connectivity index (χ0n) is 7.59. The summed E-state index contributed by atoms with van der Waals surface area (Å²) in [6.07, 6.45) is -0.457. The maximum atomic E-state index is 11.1. The molecule has 1 heterocycles. The molecular formula is C10H11NO3. The summed E-state index contributed by atoms with van der Waals surface area (Å²) < 4.78 is 4.85. The van der Waals surface area contributed by atoms with E-state index < -0.39 is 6.09 Å². The molecule has 1 amide bonds. The lowest BCUT2D eigenvalue weighted by molar-refractivity contribution is 0.106. The van der Waals surface area contributed by atoms with Gasteiger partial charge < -0.3 is 9.84 Å². The van der Waals surface area contributed by atoms with Crippen molar-refractivity contribution in [2.45, 2.75) is 6.04 Å². The minimum atomic E-state index is -0.457. The molecule has 1 N–H and O–H groups in total. The highest BCUT2D eigenvalue weighted by atomic mass is 16.6. The molecule has 1 saturated heterocycles. The summed E-state index contributed by atoms with van der Waals surface area (Å²) in [5, 5.41) is 8.99. The Balaban J connectivity index is 2.23. The number of nitrogens with zero attached hydrogens (tertiary/aromatic N) is 1. The van der Waals surface area contributed by atoms with E-state index in [-0.39, 0.29) is 12.8 Å². The number of ether oxygens (including phenoxy) is 1. The van der Waals surface area contributed by atoms with Crippen LogP contribution in [0, 0.1) is 0 Å². The first-order valence-electron chi connectivity index (χ1n) is 4.42. The van der Waals surface area contributed by atoms with Crippen molar-refractivity contribution in [2.75, 3.05) is 13.3 Å². The van der Waals surface area contributed by atoms with Gasteiger partial charge >= 0.3 is 6.09 Å². The highest BCUT2D eigenvalue weighted by Crippen LogP contribution is 2.26. The van der Waals surface area contributed by atoms with Crippen molar-refractivity contribution in [2.24, 2.45) is 0 Å². The summed E-state index contributed by atoms with van der Waals surface area (Å²) in [7, 11) is 0. The number of carbonyl (C=O) groups excluding carboxylic acids is 1. The fourth-order valence-electron chi connectivity index (χ4n) is 1.56. The van der Waals surface area contributed by atoms with E-state index in [2.05, 4.69) is 0 Å². The fourth-order valence-corrected chi connectivity index (χ4v) is 1.56. The van der Waals surface area contributed by atoms with Crippen LogP contribution in [-0.2, 0) is 4.74 Å². The van der Waals surface area contributed by atoms with Crippen molar-refractivity contribution in [3.05, 3.63) is 35.9 Å². The van der Waals surface area contributed by atoms with Gasteiger partial charge in [0.15, 0.2) is 0 Å². The van der Waals surface area contributed by atoms with E-state index in [4.69, 9.17) is 9.84 Å². The van der Waals surface area contributed by atoms with Crippen molar-refractivity contribution in [3.8, 4) is 0 Å². The number of aliphatic hydroxyl groups is 1. The van der Waals surface area contributed by atoms with Crippen molar-refractivity contribution in [3.63, 3.8) is 0 Å². The summed E-state index contributed by atoms with van der Waals surface area (Å²) in [5.74, 6) is 0. The molecule has 0 unspecified atom stereocenters. The van der Waals surface area contributed by atoms with Crippen LogP contribution in [-0.4, -0.2) is 29.4 Å². The maximum Gasteiger partial charge on any atom is 0.412 e. The van der Waals surface area contributed by atoms with Gasteiger partial charge in [-0.15, -0.1) is 0 Å². The lowest BCUT2D eigenvalue weighted by atomic mass is 10.1. The Kier molecular flexibility index (Phi) is 2.37. The maximum absolute atomic E-state index is 11.1. The van der Waals surface area contributed by atoms with E-state index in [1.807, 2.05) is 30.3 Å². The second kappa shape index (κ2) is 3.67. The van der Waals surface area contributed by atoms with E-state index in [0.717, 1.165) is 5.56 Å². The number of carbonyl (C=O) groups is 1. The van der Waals surface area contributed by atoms with Gasteiger partial charge in [-0.2, -0.15) is 0 Å². The average Bonchev–Trinajstić information content (AvgIpc) is 2.61. The number of hydrogen-bond donors (Lipinski definition) is 1. The van der Waals surface area contributed by atoms with Crippen molar-refractivity contribution >= 4 is 6.09 Å². The number of hydrogen-bond acceptors (Lipinski definition) is 3. The van der Waals surface area contributed by atoms with Gasteiger partial charge in [-0.1, -0.05) is 30.3 Å². The molecule has 1 aromatic carbocycles. The molecule has 0 aliphatic carbocycles. The van der Waals surface area contributed by atoms with E-state index in [9.17, 15) is 4.79 Å². The predicted octanol–water partition coefficient (Wildman–Crippen LogP) is 1.13. The third-order valence-electron chi connectivity index (χ3n) is 2.31. The SMILES string of the molecule is O=C1OC[C@@H](c2ccccc2)N1CO. The number of cyclic esters (lactones) is 1. The van der Waals surface area contributed by atoms with Crippen LogP contribution in [0.2, 0.25) is 0 Å². The second-order valence-electron chi connectivity index (χ2n) is 3.11. The van der Waals surface area contributed by atoms with Crippen molar-refractivity contribution < 1.29 is 14.6 Å². The first kappa shape index (κ1) is 9.02. The predicted molar refractivity (Wildman–Crippen MR) is 49.5 cm³/mol. The summed E-state index contributed by atoms with van der Waals surface area (Å²) in [6.45, 7) is 0.00179. The Morgan fingerprint density at radius 1 is 1.43 bits per heavy atom. The fraction of sp³-hybridized carbons (Fsp3) is 0.300. The first-order valence-corrected chi connectivity index (χ1v) is 4.42. The highest BCUT2D eigenvalue weighted by Gasteiger charge is 2.33. The van der Waals surface area contributed by atoms with Gasteiger partial charge in [0.25, 0.3) is 0 Å². The number of rotatable bonds is 2. The first-order chi connectivity index (χ1) is 6.83. The van der Waals surface area contributed by atoms with Crippen molar-refractivity contribution in [1.82, 2.24) is 4.90 Å². The molecule has 0 bridgehead atoms. The van der Waals surface area contributed by atoms with Gasteiger partial charge in [0.1, 0.15) is 13.3 Å². The summed E-state index contributed by atoms with van der Waals surface area (Å²) in [6, 6.07) is 9.37. The Bertz CT molecular complexity index is 325. The van der Waals surface area contributed by atoms with Crippen LogP contribution >= 0.6 is 0 Å². The van der Waals surface area contributed by atoms with Crippen LogP contribution in [0.5, 0.6) is 0 Å². The largest absolute Gasteiger partial charge is 0.447 e. The lowest BCUT2D eigenvalue weighted by Crippen LogP contribution is -2.28. The van der Waals surface area contributed by atoms with E-state index in [0.29, 0.717) is 6.61 Å². The molecule has 1 fully saturated rings.